The second-order valence-corrected chi connectivity index (χ2v) is 5.11. The number of nitrogens with zero attached hydrogens (tertiary/aromatic N) is 1. The van der Waals surface area contributed by atoms with E-state index in [1.807, 2.05) is 4.90 Å². The molecule has 0 radical (unpaired) electrons. The smallest absolute Gasteiger partial charge is 0.237 e. The normalized spacial score (nSPS) is 19.4. The van der Waals surface area contributed by atoms with Gasteiger partial charge in [-0.3, -0.25) is 14.5 Å². The Balaban J connectivity index is 2.02. The van der Waals surface area contributed by atoms with Crippen molar-refractivity contribution in [1.82, 2.24) is 10.2 Å². The number of carbonyl (C=O) groups is 2. The zero-order valence-electron chi connectivity index (χ0n) is 10.9. The highest BCUT2D eigenvalue weighted by Crippen LogP contribution is 2.18. The summed E-state index contributed by atoms with van der Waals surface area (Å²) < 4.78 is 0. The fraction of sp³-hybridized carbons (Fsp3) is 0.429. The van der Waals surface area contributed by atoms with Gasteiger partial charge in [0.1, 0.15) is 0 Å². The first kappa shape index (κ1) is 14.0. The van der Waals surface area contributed by atoms with Gasteiger partial charge in [-0.15, -0.1) is 0 Å². The lowest BCUT2D eigenvalue weighted by atomic mass is 10.1. The fourth-order valence-corrected chi connectivity index (χ4v) is 2.52. The number of benzene rings is 1. The summed E-state index contributed by atoms with van der Waals surface area (Å²) in [6.45, 7) is 1.07. The van der Waals surface area contributed by atoms with Crippen molar-refractivity contribution in [2.45, 2.75) is 18.9 Å². The van der Waals surface area contributed by atoms with E-state index in [0.29, 0.717) is 10.6 Å². The van der Waals surface area contributed by atoms with Crippen LogP contribution in [0.25, 0.3) is 0 Å². The van der Waals surface area contributed by atoms with Crippen LogP contribution in [-0.2, 0) is 4.79 Å². The molecule has 1 atom stereocenters. The number of halogens is 1. The number of Topliss-reactive ketones (excluding diaryl/α,β-unsaturated/α-hetero) is 1. The van der Waals surface area contributed by atoms with Crippen LogP contribution in [0.4, 0.5) is 0 Å². The number of ketones is 1. The van der Waals surface area contributed by atoms with Gasteiger partial charge in [0.15, 0.2) is 5.78 Å². The number of nitrogens with one attached hydrogen (secondary N) is 1. The highest BCUT2D eigenvalue weighted by atomic mass is 35.5. The molecule has 0 aliphatic carbocycles. The molecule has 1 aliphatic heterocycles. The molecule has 0 bridgehead atoms. The number of amides is 1. The molecule has 19 heavy (non-hydrogen) atoms. The molecular weight excluding hydrogens is 264 g/mol. The van der Waals surface area contributed by atoms with Crippen molar-refractivity contribution in [3.05, 3.63) is 34.9 Å². The maximum Gasteiger partial charge on any atom is 0.237 e. The molecule has 102 valence electrons. The van der Waals surface area contributed by atoms with Crippen molar-refractivity contribution < 1.29 is 9.59 Å². The average Bonchev–Trinajstić information content (AvgIpc) is 2.86. The SMILES string of the molecule is CNC(=O)C1CCCN1CC(=O)c1ccc(Cl)cc1. The Hall–Kier alpha value is -1.39. The van der Waals surface area contributed by atoms with Gasteiger partial charge < -0.3 is 5.32 Å². The lowest BCUT2D eigenvalue weighted by Gasteiger charge is -2.22. The van der Waals surface area contributed by atoms with Crippen LogP contribution in [-0.4, -0.2) is 42.8 Å². The molecule has 1 aliphatic rings. The number of carbonyl (C=O) groups excluding carboxylic acids is 2. The highest BCUT2D eigenvalue weighted by Gasteiger charge is 2.31. The van der Waals surface area contributed by atoms with Crippen LogP contribution >= 0.6 is 11.6 Å². The Morgan fingerprint density at radius 1 is 1.37 bits per heavy atom. The molecule has 1 unspecified atom stereocenters. The molecule has 2 rings (SSSR count). The predicted octanol–water partition coefficient (Wildman–Crippen LogP) is 1.73. The van der Waals surface area contributed by atoms with Crippen molar-refractivity contribution >= 4 is 23.3 Å². The quantitative estimate of drug-likeness (QED) is 0.855. The van der Waals surface area contributed by atoms with Gasteiger partial charge in [0.2, 0.25) is 5.91 Å². The number of rotatable bonds is 4. The van der Waals surface area contributed by atoms with E-state index in [1.165, 1.54) is 0 Å². The number of hydrogen-bond donors (Lipinski definition) is 1. The second-order valence-electron chi connectivity index (χ2n) is 4.67. The minimum absolute atomic E-state index is 0.0126. The van der Waals surface area contributed by atoms with E-state index >= 15 is 0 Å². The van der Waals surface area contributed by atoms with Crippen LogP contribution in [0.1, 0.15) is 23.2 Å². The van der Waals surface area contributed by atoms with E-state index in [-0.39, 0.29) is 24.3 Å². The highest BCUT2D eigenvalue weighted by molar-refractivity contribution is 6.30. The van der Waals surface area contributed by atoms with Crippen molar-refractivity contribution in [2.24, 2.45) is 0 Å². The van der Waals surface area contributed by atoms with E-state index in [2.05, 4.69) is 5.32 Å². The van der Waals surface area contributed by atoms with Gasteiger partial charge in [-0.2, -0.15) is 0 Å². The first-order chi connectivity index (χ1) is 9.11. The number of likely N-dealkylation sites (N-methyl/N-ethyl adjacent to an activating group) is 1. The van der Waals surface area contributed by atoms with Crippen molar-refractivity contribution in [2.75, 3.05) is 20.1 Å². The van der Waals surface area contributed by atoms with Gasteiger partial charge >= 0.3 is 0 Å². The first-order valence-electron chi connectivity index (χ1n) is 6.36. The summed E-state index contributed by atoms with van der Waals surface area (Å²) in [7, 11) is 1.62. The van der Waals surface area contributed by atoms with Crippen molar-refractivity contribution in [3.8, 4) is 0 Å². The zero-order chi connectivity index (χ0) is 13.8. The maximum absolute atomic E-state index is 12.2. The van der Waals surface area contributed by atoms with E-state index in [4.69, 9.17) is 11.6 Å². The Labute approximate surface area is 117 Å². The number of likely N-dealkylation sites (tertiary alicyclic amines) is 1. The third-order valence-electron chi connectivity index (χ3n) is 3.43. The Kier molecular flexibility index (Phi) is 4.56. The summed E-state index contributed by atoms with van der Waals surface area (Å²) in [5, 5.41) is 3.26. The summed E-state index contributed by atoms with van der Waals surface area (Å²) in [5.74, 6) is 0.00822. The molecule has 4 nitrogen and oxygen atoms in total. The lowest BCUT2D eigenvalue weighted by Crippen LogP contribution is -2.43. The van der Waals surface area contributed by atoms with Crippen LogP contribution < -0.4 is 5.32 Å². The van der Waals surface area contributed by atoms with Gasteiger partial charge in [-0.05, 0) is 43.7 Å². The van der Waals surface area contributed by atoms with Crippen LogP contribution in [0.3, 0.4) is 0 Å². The molecule has 5 heteroatoms. The topological polar surface area (TPSA) is 49.4 Å². The third-order valence-corrected chi connectivity index (χ3v) is 3.68. The summed E-state index contributed by atoms with van der Waals surface area (Å²) in [5.41, 5.74) is 0.631. The molecule has 1 N–H and O–H groups in total. The average molecular weight is 281 g/mol. The Bertz CT molecular complexity index is 473. The van der Waals surface area contributed by atoms with E-state index in [9.17, 15) is 9.59 Å². The van der Waals surface area contributed by atoms with Gasteiger partial charge in [0.25, 0.3) is 0 Å². The largest absolute Gasteiger partial charge is 0.358 e. The van der Waals surface area contributed by atoms with Crippen molar-refractivity contribution in [3.63, 3.8) is 0 Å². The van der Waals surface area contributed by atoms with Crippen molar-refractivity contribution in [1.29, 1.82) is 0 Å². The minimum atomic E-state index is -0.179. The van der Waals surface area contributed by atoms with E-state index in [0.717, 1.165) is 19.4 Å². The van der Waals surface area contributed by atoms with Crippen LogP contribution in [0, 0.1) is 0 Å². The second kappa shape index (κ2) is 6.17. The molecule has 1 amide bonds. The summed E-state index contributed by atoms with van der Waals surface area (Å²) in [6, 6.07) is 6.66. The molecule has 0 aromatic heterocycles. The maximum atomic E-state index is 12.2. The number of hydrogen-bond acceptors (Lipinski definition) is 3. The summed E-state index contributed by atoms with van der Waals surface area (Å²) >= 11 is 5.80. The van der Waals surface area contributed by atoms with Crippen LogP contribution in [0.2, 0.25) is 5.02 Å². The summed E-state index contributed by atoms with van der Waals surface area (Å²) in [4.78, 5) is 25.8. The molecule has 1 fully saturated rings. The molecule has 0 spiro atoms. The molecule has 1 aromatic carbocycles. The third kappa shape index (κ3) is 3.33. The van der Waals surface area contributed by atoms with Gasteiger partial charge in [0.05, 0.1) is 12.6 Å². The molecule has 0 saturated carbocycles. The summed E-state index contributed by atoms with van der Waals surface area (Å²) in [6.07, 6.45) is 1.76. The Morgan fingerprint density at radius 3 is 2.68 bits per heavy atom. The van der Waals surface area contributed by atoms with Crippen LogP contribution in [0.5, 0.6) is 0 Å². The first-order valence-corrected chi connectivity index (χ1v) is 6.74. The standard InChI is InChI=1S/C14H17ClN2O2/c1-16-14(19)12-3-2-8-17(12)9-13(18)10-4-6-11(15)7-5-10/h4-7,12H,2-3,8-9H2,1H3,(H,16,19). The van der Waals surface area contributed by atoms with E-state index in [1.54, 1.807) is 31.3 Å². The molecular formula is C14H17ClN2O2. The van der Waals surface area contributed by atoms with Gasteiger partial charge in [-0.1, -0.05) is 11.6 Å². The monoisotopic (exact) mass is 280 g/mol. The van der Waals surface area contributed by atoms with E-state index < -0.39 is 0 Å². The fourth-order valence-electron chi connectivity index (χ4n) is 2.39. The van der Waals surface area contributed by atoms with Gasteiger partial charge in [-0.25, -0.2) is 0 Å². The molecule has 1 aromatic rings. The minimum Gasteiger partial charge on any atom is -0.358 e. The Morgan fingerprint density at radius 2 is 2.05 bits per heavy atom. The zero-order valence-corrected chi connectivity index (χ0v) is 11.6. The predicted molar refractivity (Wildman–Crippen MR) is 74.4 cm³/mol. The molecule has 1 saturated heterocycles. The lowest BCUT2D eigenvalue weighted by molar-refractivity contribution is -0.124. The molecule has 1 heterocycles. The van der Waals surface area contributed by atoms with Gasteiger partial charge in [0, 0.05) is 17.6 Å². The van der Waals surface area contributed by atoms with Crippen LogP contribution in [0.15, 0.2) is 24.3 Å².